The van der Waals surface area contributed by atoms with Crippen molar-refractivity contribution < 1.29 is 14.0 Å². The molecule has 1 atom stereocenters. The molecule has 0 unspecified atom stereocenters. The average Bonchev–Trinajstić information content (AvgIpc) is 3.03. The molecule has 0 spiro atoms. The fourth-order valence-corrected chi connectivity index (χ4v) is 2.25. The van der Waals surface area contributed by atoms with Crippen molar-refractivity contribution in [2.75, 3.05) is 12.3 Å². The molecule has 0 aliphatic rings. The number of amides is 2. The van der Waals surface area contributed by atoms with Gasteiger partial charge in [0.1, 0.15) is 6.04 Å². The fourth-order valence-electron chi connectivity index (χ4n) is 1.68. The maximum absolute atomic E-state index is 11.8. The minimum absolute atomic E-state index is 0.0818. The van der Waals surface area contributed by atoms with Gasteiger partial charge in [0.15, 0.2) is 0 Å². The molecule has 0 fully saturated rings. The summed E-state index contributed by atoms with van der Waals surface area (Å²) in [6.45, 7) is 3.96. The van der Waals surface area contributed by atoms with E-state index in [1.807, 2.05) is 6.92 Å². The lowest BCUT2D eigenvalue weighted by atomic mass is 10.3. The van der Waals surface area contributed by atoms with E-state index in [0.717, 1.165) is 11.8 Å². The van der Waals surface area contributed by atoms with Crippen molar-refractivity contribution in [2.24, 2.45) is 0 Å². The van der Waals surface area contributed by atoms with Crippen molar-refractivity contribution in [3.63, 3.8) is 0 Å². The third kappa shape index (κ3) is 5.06. The molecule has 0 radical (unpaired) electrons. The molecule has 2 aromatic heterocycles. The first kappa shape index (κ1) is 16.9. The molecular formula is C14H17N5O3S. The number of hydrogen-bond acceptors (Lipinski definition) is 7. The van der Waals surface area contributed by atoms with E-state index in [2.05, 4.69) is 25.8 Å². The largest absolute Gasteiger partial charge is 0.411 e. The van der Waals surface area contributed by atoms with Crippen LogP contribution in [-0.4, -0.2) is 45.3 Å². The van der Waals surface area contributed by atoms with Crippen LogP contribution in [0.25, 0.3) is 11.5 Å². The van der Waals surface area contributed by atoms with E-state index in [1.165, 1.54) is 0 Å². The molecule has 2 N–H and O–H groups in total. The van der Waals surface area contributed by atoms with Gasteiger partial charge in [-0.15, -0.1) is 10.2 Å². The van der Waals surface area contributed by atoms with E-state index in [1.54, 1.807) is 31.5 Å². The van der Waals surface area contributed by atoms with E-state index in [0.29, 0.717) is 18.0 Å². The van der Waals surface area contributed by atoms with E-state index in [-0.39, 0.29) is 22.8 Å². The van der Waals surface area contributed by atoms with Crippen LogP contribution in [0.15, 0.2) is 34.2 Å². The highest BCUT2D eigenvalue weighted by Gasteiger charge is 2.16. The lowest BCUT2D eigenvalue weighted by Gasteiger charge is -2.12. The molecule has 0 bridgehead atoms. The highest BCUT2D eigenvalue weighted by atomic mass is 32.2. The average molecular weight is 335 g/mol. The van der Waals surface area contributed by atoms with Crippen LogP contribution in [0.4, 0.5) is 0 Å². The smallest absolute Gasteiger partial charge is 0.277 e. The molecule has 2 aromatic rings. The topological polar surface area (TPSA) is 110 Å². The number of carbonyl (C=O) groups is 2. The van der Waals surface area contributed by atoms with E-state index < -0.39 is 6.04 Å². The summed E-state index contributed by atoms with van der Waals surface area (Å²) in [5.74, 6) is -0.0765. The van der Waals surface area contributed by atoms with Gasteiger partial charge in [-0.3, -0.25) is 14.6 Å². The number of thioether (sulfide) groups is 1. The minimum atomic E-state index is -0.586. The summed E-state index contributed by atoms with van der Waals surface area (Å²) in [6.07, 6.45) is 3.26. The van der Waals surface area contributed by atoms with Gasteiger partial charge in [-0.2, -0.15) is 0 Å². The quantitative estimate of drug-likeness (QED) is 0.722. The predicted molar refractivity (Wildman–Crippen MR) is 84.5 cm³/mol. The lowest BCUT2D eigenvalue weighted by molar-refractivity contribution is -0.127. The fraction of sp³-hybridized carbons (Fsp3) is 0.357. The van der Waals surface area contributed by atoms with E-state index in [4.69, 9.17) is 4.42 Å². The van der Waals surface area contributed by atoms with Gasteiger partial charge in [0.25, 0.3) is 5.22 Å². The zero-order valence-electron chi connectivity index (χ0n) is 12.8. The monoisotopic (exact) mass is 335 g/mol. The number of carbonyl (C=O) groups excluding carboxylic acids is 2. The van der Waals surface area contributed by atoms with Gasteiger partial charge in [0.05, 0.1) is 11.3 Å². The number of likely N-dealkylation sites (N-methyl/N-ethyl adjacent to an activating group) is 1. The van der Waals surface area contributed by atoms with E-state index >= 15 is 0 Å². The zero-order chi connectivity index (χ0) is 16.7. The summed E-state index contributed by atoms with van der Waals surface area (Å²) in [5, 5.41) is 13.3. The Hall–Kier alpha value is -2.42. The summed E-state index contributed by atoms with van der Waals surface area (Å²) in [6, 6.07) is 2.98. The summed E-state index contributed by atoms with van der Waals surface area (Å²) in [7, 11) is 0. The van der Waals surface area contributed by atoms with Crippen LogP contribution in [0.2, 0.25) is 0 Å². The van der Waals surface area contributed by atoms with Crippen molar-refractivity contribution in [1.82, 2.24) is 25.8 Å². The molecule has 9 heteroatoms. The van der Waals surface area contributed by atoms with Crippen LogP contribution >= 0.6 is 11.8 Å². The molecule has 0 aromatic carbocycles. The molecule has 122 valence electrons. The second-order valence-electron chi connectivity index (χ2n) is 4.59. The Morgan fingerprint density at radius 2 is 2.22 bits per heavy atom. The number of pyridine rings is 1. The Kier molecular flexibility index (Phi) is 6.10. The minimum Gasteiger partial charge on any atom is -0.411 e. The van der Waals surface area contributed by atoms with Crippen LogP contribution in [0.1, 0.15) is 13.8 Å². The highest BCUT2D eigenvalue weighted by molar-refractivity contribution is 7.99. The standard InChI is InChI=1S/C14H17N5O3S/c1-3-16-12(21)9(2)17-11(20)8-23-14-19-18-13(22-14)10-5-4-6-15-7-10/h4-7,9H,3,8H2,1-2H3,(H,16,21)(H,17,20)/t9-/m1/s1. The first-order valence-electron chi connectivity index (χ1n) is 7.04. The predicted octanol–water partition coefficient (Wildman–Crippen LogP) is 0.864. The Bertz CT molecular complexity index is 661. The number of rotatable bonds is 7. The number of hydrogen-bond donors (Lipinski definition) is 2. The van der Waals surface area contributed by atoms with Gasteiger partial charge >= 0.3 is 0 Å². The maximum Gasteiger partial charge on any atom is 0.277 e. The number of nitrogens with zero attached hydrogens (tertiary/aromatic N) is 3. The number of aromatic nitrogens is 3. The molecule has 2 amide bonds. The normalized spacial score (nSPS) is 11.7. The molecule has 2 heterocycles. The summed E-state index contributed by atoms with van der Waals surface area (Å²) < 4.78 is 5.45. The van der Waals surface area contributed by atoms with Gasteiger partial charge < -0.3 is 15.1 Å². The first-order valence-corrected chi connectivity index (χ1v) is 8.02. The van der Waals surface area contributed by atoms with Gasteiger partial charge in [0.2, 0.25) is 17.7 Å². The first-order chi connectivity index (χ1) is 11.1. The molecular weight excluding hydrogens is 318 g/mol. The summed E-state index contributed by atoms with van der Waals surface area (Å²) >= 11 is 1.11. The van der Waals surface area contributed by atoms with Gasteiger partial charge in [-0.05, 0) is 26.0 Å². The molecule has 0 aliphatic carbocycles. The molecule has 0 saturated carbocycles. The third-order valence-corrected chi connectivity index (χ3v) is 3.58. The van der Waals surface area contributed by atoms with Crippen molar-refractivity contribution >= 4 is 23.6 Å². The van der Waals surface area contributed by atoms with Crippen LogP contribution in [-0.2, 0) is 9.59 Å². The SMILES string of the molecule is CCNC(=O)[C@@H](C)NC(=O)CSc1nnc(-c2cccnc2)o1. The van der Waals surface area contributed by atoms with Crippen molar-refractivity contribution in [3.05, 3.63) is 24.5 Å². The molecule has 23 heavy (non-hydrogen) atoms. The van der Waals surface area contributed by atoms with Crippen LogP contribution < -0.4 is 10.6 Å². The second kappa shape index (κ2) is 8.28. The van der Waals surface area contributed by atoms with Gasteiger partial charge in [0, 0.05) is 18.9 Å². The van der Waals surface area contributed by atoms with Crippen LogP contribution in [0.5, 0.6) is 0 Å². The zero-order valence-corrected chi connectivity index (χ0v) is 13.6. The Labute approximate surface area is 137 Å². The van der Waals surface area contributed by atoms with Crippen LogP contribution in [0.3, 0.4) is 0 Å². The summed E-state index contributed by atoms with van der Waals surface area (Å²) in [4.78, 5) is 27.3. The molecule has 0 saturated heterocycles. The molecule has 2 rings (SSSR count). The van der Waals surface area contributed by atoms with Gasteiger partial charge in [-0.1, -0.05) is 11.8 Å². The van der Waals surface area contributed by atoms with Crippen molar-refractivity contribution in [1.29, 1.82) is 0 Å². The van der Waals surface area contributed by atoms with Gasteiger partial charge in [-0.25, -0.2) is 0 Å². The second-order valence-corrected chi connectivity index (χ2v) is 5.51. The maximum atomic E-state index is 11.8. The Morgan fingerprint density at radius 1 is 1.39 bits per heavy atom. The Balaban J connectivity index is 1.83. The summed E-state index contributed by atoms with van der Waals surface area (Å²) in [5.41, 5.74) is 0.709. The highest BCUT2D eigenvalue weighted by Crippen LogP contribution is 2.22. The van der Waals surface area contributed by atoms with Crippen molar-refractivity contribution in [3.8, 4) is 11.5 Å². The lowest BCUT2D eigenvalue weighted by Crippen LogP contribution is -2.45. The third-order valence-electron chi connectivity index (χ3n) is 2.76. The number of nitrogens with one attached hydrogen (secondary N) is 2. The Morgan fingerprint density at radius 3 is 2.91 bits per heavy atom. The van der Waals surface area contributed by atoms with Crippen molar-refractivity contribution in [2.45, 2.75) is 25.1 Å². The molecule has 8 nitrogen and oxygen atoms in total. The van der Waals surface area contributed by atoms with E-state index in [9.17, 15) is 9.59 Å². The van der Waals surface area contributed by atoms with Crippen LogP contribution in [0, 0.1) is 0 Å². The molecule has 0 aliphatic heterocycles.